The Hall–Kier alpha value is -0.860. The summed E-state index contributed by atoms with van der Waals surface area (Å²) in [6.45, 7) is 5.19. The molecule has 2 nitrogen and oxygen atoms in total. The van der Waals surface area contributed by atoms with Crippen LogP contribution in [-0.2, 0) is 4.84 Å². The average Bonchev–Trinajstić information content (AvgIpc) is 2.27. The van der Waals surface area contributed by atoms with Crippen LogP contribution in [0.25, 0.3) is 0 Å². The summed E-state index contributed by atoms with van der Waals surface area (Å²) in [5.41, 5.74) is 1.32. The smallest absolute Gasteiger partial charge is 0.0599 e. The van der Waals surface area contributed by atoms with E-state index >= 15 is 0 Å². The van der Waals surface area contributed by atoms with Gasteiger partial charge in [-0.05, 0) is 12.0 Å². The molecule has 0 saturated heterocycles. The van der Waals surface area contributed by atoms with E-state index in [0.29, 0.717) is 6.04 Å². The molecule has 0 amide bonds. The molecule has 0 bridgehead atoms. The van der Waals surface area contributed by atoms with Crippen LogP contribution in [0, 0.1) is 0 Å². The lowest BCUT2D eigenvalue weighted by molar-refractivity contribution is -0.161. The maximum Gasteiger partial charge on any atom is 0.0599 e. The summed E-state index contributed by atoms with van der Waals surface area (Å²) < 4.78 is 0. The molecule has 1 aromatic carbocycles. The summed E-state index contributed by atoms with van der Waals surface area (Å²) in [5.74, 6) is 0. The molecule has 1 rings (SSSR count). The minimum Gasteiger partial charge on any atom is -0.302 e. The van der Waals surface area contributed by atoms with Crippen LogP contribution in [-0.4, -0.2) is 18.7 Å². The van der Waals surface area contributed by atoms with E-state index in [1.807, 2.05) is 11.1 Å². The van der Waals surface area contributed by atoms with E-state index in [1.165, 1.54) is 5.56 Å². The first-order valence-corrected chi connectivity index (χ1v) is 5.19. The highest BCUT2D eigenvalue weighted by molar-refractivity contribution is 5.18. The van der Waals surface area contributed by atoms with Crippen molar-refractivity contribution in [2.24, 2.45) is 0 Å². The van der Waals surface area contributed by atoms with Crippen LogP contribution < -0.4 is 0 Å². The van der Waals surface area contributed by atoms with Gasteiger partial charge >= 0.3 is 0 Å². The second-order valence-electron chi connectivity index (χ2n) is 3.25. The normalized spacial score (nSPS) is 13.1. The zero-order valence-corrected chi connectivity index (χ0v) is 9.23. The lowest BCUT2D eigenvalue weighted by Crippen LogP contribution is -2.27. The van der Waals surface area contributed by atoms with Gasteiger partial charge in [0.25, 0.3) is 0 Å². The first-order valence-electron chi connectivity index (χ1n) is 5.19. The molecule has 1 atom stereocenters. The van der Waals surface area contributed by atoms with Crippen LogP contribution >= 0.6 is 0 Å². The van der Waals surface area contributed by atoms with Crippen molar-refractivity contribution in [1.29, 1.82) is 0 Å². The molecule has 0 aliphatic rings. The second kappa shape index (κ2) is 5.78. The Morgan fingerprint density at radius 3 is 2.29 bits per heavy atom. The van der Waals surface area contributed by atoms with Gasteiger partial charge in [-0.15, -0.1) is 0 Å². The van der Waals surface area contributed by atoms with Gasteiger partial charge in [0.2, 0.25) is 0 Å². The van der Waals surface area contributed by atoms with Gasteiger partial charge in [0.15, 0.2) is 0 Å². The zero-order chi connectivity index (χ0) is 10.4. The van der Waals surface area contributed by atoms with Crippen LogP contribution in [0.15, 0.2) is 30.3 Å². The predicted molar refractivity (Wildman–Crippen MR) is 58.9 cm³/mol. The summed E-state index contributed by atoms with van der Waals surface area (Å²) in [6.07, 6.45) is 1.06. The Kier molecular flexibility index (Phi) is 4.63. The topological polar surface area (TPSA) is 12.5 Å². The summed E-state index contributed by atoms with van der Waals surface area (Å²) in [4.78, 5) is 5.34. The minimum atomic E-state index is 0.367. The number of hydrogen-bond acceptors (Lipinski definition) is 2. The Morgan fingerprint density at radius 2 is 1.86 bits per heavy atom. The van der Waals surface area contributed by atoms with E-state index < -0.39 is 0 Å². The van der Waals surface area contributed by atoms with Gasteiger partial charge in [0.05, 0.1) is 13.2 Å². The van der Waals surface area contributed by atoms with Crippen LogP contribution in [0.2, 0.25) is 0 Å². The lowest BCUT2D eigenvalue weighted by atomic mass is 10.0. The third-order valence-electron chi connectivity index (χ3n) is 2.46. The molecular weight excluding hydrogens is 174 g/mol. The second-order valence-corrected chi connectivity index (χ2v) is 3.25. The van der Waals surface area contributed by atoms with Crippen molar-refractivity contribution in [3.63, 3.8) is 0 Å². The largest absolute Gasteiger partial charge is 0.302 e. The molecule has 0 N–H and O–H groups in total. The Balaban J connectivity index is 2.81. The molecular formula is C12H19NO. The van der Waals surface area contributed by atoms with Gasteiger partial charge in [-0.3, -0.25) is 0 Å². The SMILES string of the molecule is CCC(c1ccccc1)N(CC)OC. The van der Waals surface area contributed by atoms with Gasteiger partial charge in [0.1, 0.15) is 0 Å². The van der Waals surface area contributed by atoms with Crippen molar-refractivity contribution in [3.8, 4) is 0 Å². The first-order chi connectivity index (χ1) is 6.83. The van der Waals surface area contributed by atoms with Crippen LogP contribution in [0.4, 0.5) is 0 Å². The molecule has 1 aromatic rings. The maximum absolute atomic E-state index is 5.34. The number of rotatable bonds is 5. The number of hydrogen-bond donors (Lipinski definition) is 0. The monoisotopic (exact) mass is 193 g/mol. The van der Waals surface area contributed by atoms with Crippen molar-refractivity contribution in [1.82, 2.24) is 5.06 Å². The first kappa shape index (κ1) is 11.2. The zero-order valence-electron chi connectivity index (χ0n) is 9.23. The molecule has 78 valence electrons. The van der Waals surface area contributed by atoms with Crippen molar-refractivity contribution in [2.45, 2.75) is 26.3 Å². The van der Waals surface area contributed by atoms with Gasteiger partial charge in [-0.2, -0.15) is 5.06 Å². The Labute approximate surface area is 86.4 Å². The third-order valence-corrected chi connectivity index (χ3v) is 2.46. The summed E-state index contributed by atoms with van der Waals surface area (Å²) in [7, 11) is 1.73. The van der Waals surface area contributed by atoms with Crippen molar-refractivity contribution < 1.29 is 4.84 Å². The maximum atomic E-state index is 5.34. The predicted octanol–water partition coefficient (Wildman–Crippen LogP) is 3.02. The van der Waals surface area contributed by atoms with Crippen LogP contribution in [0.3, 0.4) is 0 Å². The number of benzene rings is 1. The standard InChI is InChI=1S/C12H19NO/c1-4-12(13(5-2)14-3)11-9-7-6-8-10-11/h6-10,12H,4-5H2,1-3H3. The Morgan fingerprint density at radius 1 is 1.21 bits per heavy atom. The van der Waals surface area contributed by atoms with Crippen LogP contribution in [0.5, 0.6) is 0 Å². The summed E-state index contributed by atoms with van der Waals surface area (Å²) >= 11 is 0. The third kappa shape index (κ3) is 2.56. The molecule has 0 aliphatic carbocycles. The van der Waals surface area contributed by atoms with E-state index in [2.05, 4.69) is 38.1 Å². The molecule has 0 spiro atoms. The molecule has 14 heavy (non-hydrogen) atoms. The Bertz CT molecular complexity index is 244. The van der Waals surface area contributed by atoms with Crippen molar-refractivity contribution >= 4 is 0 Å². The van der Waals surface area contributed by atoms with Crippen LogP contribution in [0.1, 0.15) is 31.9 Å². The molecule has 0 fully saturated rings. The highest BCUT2D eigenvalue weighted by Crippen LogP contribution is 2.23. The fraction of sp³-hybridized carbons (Fsp3) is 0.500. The van der Waals surface area contributed by atoms with Crippen molar-refractivity contribution in [3.05, 3.63) is 35.9 Å². The summed E-state index contributed by atoms with van der Waals surface area (Å²) in [5, 5.41) is 2.01. The van der Waals surface area contributed by atoms with E-state index in [4.69, 9.17) is 4.84 Å². The molecule has 0 aliphatic heterocycles. The van der Waals surface area contributed by atoms with Gasteiger partial charge in [-0.25, -0.2) is 0 Å². The molecule has 0 aromatic heterocycles. The molecule has 1 unspecified atom stereocenters. The van der Waals surface area contributed by atoms with Gasteiger partial charge in [0, 0.05) is 6.54 Å². The minimum absolute atomic E-state index is 0.367. The van der Waals surface area contributed by atoms with Gasteiger partial charge < -0.3 is 4.84 Å². The lowest BCUT2D eigenvalue weighted by Gasteiger charge is -2.27. The van der Waals surface area contributed by atoms with E-state index in [1.54, 1.807) is 7.11 Å². The van der Waals surface area contributed by atoms with E-state index in [9.17, 15) is 0 Å². The van der Waals surface area contributed by atoms with E-state index in [0.717, 1.165) is 13.0 Å². The molecule has 2 heteroatoms. The molecule has 0 radical (unpaired) electrons. The summed E-state index contributed by atoms with van der Waals surface area (Å²) in [6, 6.07) is 10.8. The highest BCUT2D eigenvalue weighted by Gasteiger charge is 2.16. The molecule has 0 heterocycles. The number of hydroxylamine groups is 2. The highest BCUT2D eigenvalue weighted by atomic mass is 16.7. The van der Waals surface area contributed by atoms with Crippen molar-refractivity contribution in [2.75, 3.05) is 13.7 Å². The van der Waals surface area contributed by atoms with Gasteiger partial charge in [-0.1, -0.05) is 44.2 Å². The van der Waals surface area contributed by atoms with E-state index in [-0.39, 0.29) is 0 Å². The average molecular weight is 193 g/mol. The quantitative estimate of drug-likeness (QED) is 0.666. The fourth-order valence-corrected chi connectivity index (χ4v) is 1.76. The molecule has 0 saturated carbocycles. The fourth-order valence-electron chi connectivity index (χ4n) is 1.76. The number of nitrogens with zero attached hydrogens (tertiary/aromatic N) is 1.